The maximum atomic E-state index is 2.57. The molecule has 0 saturated carbocycles. The summed E-state index contributed by atoms with van der Waals surface area (Å²) in [6, 6.07) is 35.4. The van der Waals surface area contributed by atoms with Gasteiger partial charge < -0.3 is 0 Å². The summed E-state index contributed by atoms with van der Waals surface area (Å²) in [6.07, 6.45) is 1.12. The van der Waals surface area contributed by atoms with Gasteiger partial charge in [0.2, 0.25) is 0 Å². The Hall–Kier alpha value is -4.94. The van der Waals surface area contributed by atoms with Crippen LogP contribution in [0.1, 0.15) is 40.7 Å². The first-order valence-corrected chi connectivity index (χ1v) is 16.1. The van der Waals surface area contributed by atoms with Crippen molar-refractivity contribution < 1.29 is 0 Å². The van der Waals surface area contributed by atoms with Gasteiger partial charge in [-0.3, -0.25) is 0 Å². The lowest BCUT2D eigenvalue weighted by Crippen LogP contribution is -2.10. The normalized spacial score (nSPS) is 15.4. The molecule has 44 heavy (non-hydrogen) atoms. The molecule has 206 valence electrons. The van der Waals surface area contributed by atoms with Crippen LogP contribution in [0.4, 0.5) is 0 Å². The van der Waals surface area contributed by atoms with Crippen molar-refractivity contribution in [2.75, 3.05) is 0 Å². The average molecular weight is 559 g/mol. The SMILES string of the molecule is Cc1cccc(-c2c3ccccc3c3c4cccc5cc6cc(C)c7c8c9c(cc(C)c%10cc2c3c(c%109)c(c54)c68)C(C)C7)c1. The van der Waals surface area contributed by atoms with Crippen molar-refractivity contribution in [2.24, 2.45) is 0 Å². The quantitative estimate of drug-likeness (QED) is 0.139. The van der Waals surface area contributed by atoms with Crippen molar-refractivity contribution in [1.82, 2.24) is 0 Å². The van der Waals surface area contributed by atoms with Crippen LogP contribution in [0.15, 0.2) is 91.0 Å². The monoisotopic (exact) mass is 558 g/mol. The van der Waals surface area contributed by atoms with Crippen LogP contribution in [0.3, 0.4) is 0 Å². The third-order valence-corrected chi connectivity index (χ3v) is 11.4. The Morgan fingerprint density at radius 3 is 2.11 bits per heavy atom. The molecule has 0 heterocycles. The van der Waals surface area contributed by atoms with Crippen molar-refractivity contribution in [3.05, 3.63) is 119 Å². The highest BCUT2D eigenvalue weighted by Gasteiger charge is 2.31. The number of fused-ring (bicyclic) bond motifs is 3. The van der Waals surface area contributed by atoms with E-state index >= 15 is 0 Å². The van der Waals surface area contributed by atoms with Crippen LogP contribution in [-0.2, 0) is 6.42 Å². The van der Waals surface area contributed by atoms with Gasteiger partial charge in [0.25, 0.3) is 0 Å². The number of benzene rings is 10. The Morgan fingerprint density at radius 2 is 1.25 bits per heavy atom. The molecule has 0 nitrogen and oxygen atoms in total. The van der Waals surface area contributed by atoms with Crippen LogP contribution >= 0.6 is 0 Å². The third kappa shape index (κ3) is 2.53. The fourth-order valence-corrected chi connectivity index (χ4v) is 9.68. The van der Waals surface area contributed by atoms with Gasteiger partial charge >= 0.3 is 0 Å². The minimum atomic E-state index is 0.500. The van der Waals surface area contributed by atoms with E-state index in [-0.39, 0.29) is 0 Å². The summed E-state index contributed by atoms with van der Waals surface area (Å²) in [5, 5.41) is 22.9. The fourth-order valence-electron chi connectivity index (χ4n) is 9.68. The minimum absolute atomic E-state index is 0.500. The molecule has 0 amide bonds. The summed E-state index contributed by atoms with van der Waals surface area (Å²) in [5.41, 5.74) is 9.91. The zero-order valence-electron chi connectivity index (χ0n) is 25.4. The fraction of sp³-hybridized carbons (Fsp3) is 0.136. The van der Waals surface area contributed by atoms with Crippen LogP contribution in [0, 0.1) is 20.8 Å². The number of aryl methyl sites for hydroxylation is 3. The average Bonchev–Trinajstić information content (AvgIpc) is 3.02. The number of hydrogen-bond donors (Lipinski definition) is 0. The van der Waals surface area contributed by atoms with Crippen LogP contribution in [0.2, 0.25) is 0 Å². The maximum Gasteiger partial charge on any atom is -0.0000725 e. The molecule has 1 aliphatic carbocycles. The lowest BCUT2D eigenvalue weighted by Gasteiger charge is -2.31. The molecule has 0 heteroatoms. The van der Waals surface area contributed by atoms with Crippen molar-refractivity contribution >= 4 is 86.2 Å². The smallest absolute Gasteiger partial charge is 0.0000725 e. The van der Waals surface area contributed by atoms with Crippen molar-refractivity contribution in [2.45, 2.75) is 40.0 Å². The molecule has 0 bridgehead atoms. The molecule has 0 saturated heterocycles. The van der Waals surface area contributed by atoms with E-state index < -0.39 is 0 Å². The van der Waals surface area contributed by atoms with Crippen LogP contribution < -0.4 is 0 Å². The minimum Gasteiger partial charge on any atom is -0.0616 e. The second kappa shape index (κ2) is 7.58. The van der Waals surface area contributed by atoms with Gasteiger partial charge in [0.05, 0.1) is 0 Å². The Kier molecular flexibility index (Phi) is 4.05. The van der Waals surface area contributed by atoms with E-state index in [0.717, 1.165) is 6.42 Å². The Balaban J connectivity index is 1.60. The van der Waals surface area contributed by atoms with Gasteiger partial charge in [-0.2, -0.15) is 0 Å². The van der Waals surface area contributed by atoms with E-state index in [1.165, 1.54) is 120 Å². The van der Waals surface area contributed by atoms with Gasteiger partial charge in [-0.25, -0.2) is 0 Å². The zero-order chi connectivity index (χ0) is 29.2. The highest BCUT2D eigenvalue weighted by Crippen LogP contribution is 2.57. The van der Waals surface area contributed by atoms with Crippen molar-refractivity contribution in [3.8, 4) is 11.1 Å². The molecule has 1 unspecified atom stereocenters. The largest absolute Gasteiger partial charge is 0.0616 e. The molecule has 10 aromatic rings. The molecule has 0 fully saturated rings. The van der Waals surface area contributed by atoms with E-state index in [9.17, 15) is 0 Å². The van der Waals surface area contributed by atoms with E-state index in [4.69, 9.17) is 0 Å². The predicted octanol–water partition coefficient (Wildman–Crippen LogP) is 12.5. The molecule has 0 aliphatic heterocycles. The molecular formula is C44H30. The molecule has 0 N–H and O–H groups in total. The van der Waals surface area contributed by atoms with Gasteiger partial charge in [-0.05, 0) is 165 Å². The first-order chi connectivity index (χ1) is 21.5. The predicted molar refractivity (Wildman–Crippen MR) is 192 cm³/mol. The Morgan fingerprint density at radius 1 is 0.477 bits per heavy atom. The van der Waals surface area contributed by atoms with Crippen LogP contribution in [0.5, 0.6) is 0 Å². The number of rotatable bonds is 1. The first kappa shape index (κ1) is 23.5. The summed E-state index contributed by atoms with van der Waals surface area (Å²) in [7, 11) is 0. The van der Waals surface area contributed by atoms with Gasteiger partial charge in [-0.15, -0.1) is 0 Å². The third-order valence-electron chi connectivity index (χ3n) is 11.4. The van der Waals surface area contributed by atoms with E-state index in [0.29, 0.717) is 5.92 Å². The summed E-state index contributed by atoms with van der Waals surface area (Å²) in [6.45, 7) is 9.35. The van der Waals surface area contributed by atoms with Crippen LogP contribution in [-0.4, -0.2) is 0 Å². The molecule has 11 rings (SSSR count). The van der Waals surface area contributed by atoms with E-state index in [2.05, 4.69) is 119 Å². The molecule has 1 aliphatic rings. The second-order valence-electron chi connectivity index (χ2n) is 13.8. The number of hydrogen-bond acceptors (Lipinski definition) is 0. The molecule has 0 spiro atoms. The molecule has 0 aromatic heterocycles. The Labute approximate surface area is 255 Å². The lowest BCUT2D eigenvalue weighted by atomic mass is 9.71. The summed E-state index contributed by atoms with van der Waals surface area (Å²) >= 11 is 0. The summed E-state index contributed by atoms with van der Waals surface area (Å²) < 4.78 is 0. The topological polar surface area (TPSA) is 0 Å². The highest BCUT2D eigenvalue weighted by atomic mass is 14.3. The van der Waals surface area contributed by atoms with E-state index in [1.807, 2.05) is 0 Å². The highest BCUT2D eigenvalue weighted by molar-refractivity contribution is 6.52. The first-order valence-electron chi connectivity index (χ1n) is 16.1. The Bertz CT molecular complexity index is 2880. The van der Waals surface area contributed by atoms with Gasteiger partial charge in [0.1, 0.15) is 0 Å². The van der Waals surface area contributed by atoms with Gasteiger partial charge in [-0.1, -0.05) is 91.3 Å². The van der Waals surface area contributed by atoms with Crippen molar-refractivity contribution in [1.29, 1.82) is 0 Å². The molecule has 0 radical (unpaired) electrons. The van der Waals surface area contributed by atoms with Crippen molar-refractivity contribution in [3.63, 3.8) is 0 Å². The lowest BCUT2D eigenvalue weighted by molar-refractivity contribution is 0.760. The van der Waals surface area contributed by atoms with Gasteiger partial charge in [0, 0.05) is 0 Å². The standard InChI is InChI=1S/C44H30/c1-21-9-7-10-25(15-21)35-28-12-5-6-13-29(28)38-30-14-8-11-26-19-27-16-22(2)31-17-23(3)32-18-24(4)33-20-34(35)42(38)44-41(33)40(32)39(31)37(27)43(44)36(26)30/h5-16,18-20,23H,17H2,1-4H3. The summed E-state index contributed by atoms with van der Waals surface area (Å²) in [4.78, 5) is 0. The molecule has 10 aromatic carbocycles. The molecular weight excluding hydrogens is 528 g/mol. The van der Waals surface area contributed by atoms with Crippen LogP contribution in [0.25, 0.3) is 97.3 Å². The maximum absolute atomic E-state index is 2.57. The molecule has 1 atom stereocenters. The van der Waals surface area contributed by atoms with Gasteiger partial charge in [0.15, 0.2) is 0 Å². The van der Waals surface area contributed by atoms with E-state index in [1.54, 1.807) is 5.56 Å². The zero-order valence-corrected chi connectivity index (χ0v) is 25.4. The summed E-state index contributed by atoms with van der Waals surface area (Å²) in [5.74, 6) is 0.500. The second-order valence-corrected chi connectivity index (χ2v) is 13.8.